The first-order chi connectivity index (χ1) is 15.7. The zero-order valence-corrected chi connectivity index (χ0v) is 19.1. The Morgan fingerprint density at radius 2 is 2.03 bits per heavy atom. The van der Waals surface area contributed by atoms with Crippen LogP contribution in [0, 0.1) is 11.2 Å². The third-order valence-corrected chi connectivity index (χ3v) is 7.76. The van der Waals surface area contributed by atoms with Crippen LogP contribution in [0.3, 0.4) is 0 Å². The van der Waals surface area contributed by atoms with Crippen LogP contribution < -0.4 is 5.73 Å². The summed E-state index contributed by atoms with van der Waals surface area (Å²) < 4.78 is 16.1. The lowest BCUT2D eigenvalue weighted by atomic mass is 9.65. The fraction of sp³-hybridized carbons (Fsp3) is 0.308. The molecule has 2 aliphatic rings. The van der Waals surface area contributed by atoms with Gasteiger partial charge in [-0.25, -0.2) is 9.07 Å². The summed E-state index contributed by atoms with van der Waals surface area (Å²) >= 11 is 6.03. The molecule has 1 aromatic heterocycles. The molecule has 0 unspecified atom stereocenters. The predicted molar refractivity (Wildman–Crippen MR) is 126 cm³/mol. The molecule has 3 N–H and O–H groups in total. The number of aromatic nitrogens is 2. The molecule has 0 bridgehead atoms. The molecule has 3 aromatic rings. The minimum Gasteiger partial charge on any atom is -0.389 e. The summed E-state index contributed by atoms with van der Waals surface area (Å²) in [6, 6.07) is 12.1. The third-order valence-electron chi connectivity index (χ3n) is 7.51. The van der Waals surface area contributed by atoms with Gasteiger partial charge in [0.1, 0.15) is 5.82 Å². The molecule has 2 aliphatic carbocycles. The minimum absolute atomic E-state index is 0.0878. The second-order valence-electron chi connectivity index (χ2n) is 9.29. The van der Waals surface area contributed by atoms with Crippen LogP contribution in [0.25, 0.3) is 11.8 Å². The first-order valence-corrected chi connectivity index (χ1v) is 11.4. The van der Waals surface area contributed by atoms with E-state index in [2.05, 4.69) is 18.1 Å². The number of aliphatic hydroxyl groups is 1. The highest BCUT2D eigenvalue weighted by Gasteiger charge is 2.54. The maximum Gasteiger partial charge on any atom is 0.251 e. The van der Waals surface area contributed by atoms with Gasteiger partial charge in [-0.05, 0) is 79.6 Å². The summed E-state index contributed by atoms with van der Waals surface area (Å²) in [4.78, 5) is 11.8. The van der Waals surface area contributed by atoms with Gasteiger partial charge in [0.2, 0.25) is 0 Å². The number of fused-ring (bicyclic) bond motifs is 2. The number of halogens is 2. The first kappa shape index (κ1) is 21.9. The molecule has 5 rings (SSSR count). The van der Waals surface area contributed by atoms with Crippen molar-refractivity contribution in [3.8, 4) is 5.69 Å². The molecule has 5 nitrogen and oxygen atoms in total. The van der Waals surface area contributed by atoms with Gasteiger partial charge in [0.15, 0.2) is 0 Å². The Morgan fingerprint density at radius 1 is 1.27 bits per heavy atom. The number of amides is 1. The molecule has 0 radical (unpaired) electrons. The normalized spacial score (nSPS) is 23.7. The maximum absolute atomic E-state index is 14.2. The van der Waals surface area contributed by atoms with Crippen LogP contribution in [-0.4, -0.2) is 26.4 Å². The SMILES string of the molecule is C[C@]12Cc3cnn(-c4ccc(Cl)cc4)c3C=C1CC[C@@]2(O)CCc1cccc(F)c1C(N)=O. The topological polar surface area (TPSA) is 81.1 Å². The van der Waals surface area contributed by atoms with Gasteiger partial charge in [-0.2, -0.15) is 5.10 Å². The zero-order chi connectivity index (χ0) is 23.4. The Bertz CT molecular complexity index is 1280. The van der Waals surface area contributed by atoms with Crippen molar-refractivity contribution < 1.29 is 14.3 Å². The first-order valence-electron chi connectivity index (χ1n) is 11.1. The average Bonchev–Trinajstić information content (AvgIpc) is 3.29. The predicted octanol–water partition coefficient (Wildman–Crippen LogP) is 4.87. The van der Waals surface area contributed by atoms with E-state index in [0.717, 1.165) is 23.4 Å². The van der Waals surface area contributed by atoms with Crippen LogP contribution in [0.5, 0.6) is 0 Å². The molecule has 0 aliphatic heterocycles. The molecule has 1 amide bonds. The Morgan fingerprint density at radius 3 is 2.76 bits per heavy atom. The van der Waals surface area contributed by atoms with Crippen molar-refractivity contribution in [1.29, 1.82) is 0 Å². The lowest BCUT2D eigenvalue weighted by Crippen LogP contribution is -2.45. The maximum atomic E-state index is 14.2. The van der Waals surface area contributed by atoms with E-state index in [0.29, 0.717) is 36.3 Å². The van der Waals surface area contributed by atoms with Gasteiger partial charge in [-0.1, -0.05) is 36.2 Å². The van der Waals surface area contributed by atoms with Crippen molar-refractivity contribution in [2.24, 2.45) is 11.1 Å². The largest absolute Gasteiger partial charge is 0.389 e. The standard InChI is InChI=1S/C26H25ClFN3O2/c1-25-14-17-15-30-31(20-7-5-19(27)6-8-20)22(17)13-18(25)10-12-26(25,33)11-9-16-3-2-4-21(28)23(16)24(29)32/h2-8,13,15,33H,9-12,14H2,1H3,(H2,29,32)/t25-,26-/m0/s1. The van der Waals surface area contributed by atoms with E-state index in [-0.39, 0.29) is 5.56 Å². The molecule has 1 fully saturated rings. The number of hydrogen-bond acceptors (Lipinski definition) is 3. The summed E-state index contributed by atoms with van der Waals surface area (Å²) in [5.74, 6) is -1.41. The van der Waals surface area contributed by atoms with Crippen molar-refractivity contribution in [2.45, 2.75) is 44.6 Å². The van der Waals surface area contributed by atoms with Crippen LogP contribution in [0.1, 0.15) is 53.4 Å². The average molecular weight is 466 g/mol. The fourth-order valence-corrected chi connectivity index (χ4v) is 5.64. The molecular formula is C26H25ClFN3O2. The second kappa shape index (κ2) is 7.82. The highest BCUT2D eigenvalue weighted by Crippen LogP contribution is 2.56. The van der Waals surface area contributed by atoms with Crippen molar-refractivity contribution in [3.05, 3.63) is 87.5 Å². The van der Waals surface area contributed by atoms with Gasteiger partial charge in [0.25, 0.3) is 5.91 Å². The number of nitrogens with two attached hydrogens (primary N) is 1. The number of rotatable bonds is 5. The summed E-state index contributed by atoms with van der Waals surface area (Å²) in [5, 5.41) is 17.1. The number of carbonyl (C=O) groups is 1. The monoisotopic (exact) mass is 465 g/mol. The molecule has 2 atom stereocenters. The number of aryl methyl sites for hydroxylation is 1. The molecule has 33 heavy (non-hydrogen) atoms. The summed E-state index contributed by atoms with van der Waals surface area (Å²) in [5.41, 5.74) is 8.61. The molecule has 7 heteroatoms. The van der Waals surface area contributed by atoms with E-state index < -0.39 is 22.7 Å². The van der Waals surface area contributed by atoms with Gasteiger partial charge in [-0.3, -0.25) is 4.79 Å². The van der Waals surface area contributed by atoms with Crippen LogP contribution in [0.2, 0.25) is 5.02 Å². The van der Waals surface area contributed by atoms with Crippen LogP contribution >= 0.6 is 11.6 Å². The molecular weight excluding hydrogens is 441 g/mol. The quantitative estimate of drug-likeness (QED) is 0.564. The number of primary amides is 1. The Hall–Kier alpha value is -2.96. The smallest absolute Gasteiger partial charge is 0.251 e. The van der Waals surface area contributed by atoms with Gasteiger partial charge >= 0.3 is 0 Å². The van der Waals surface area contributed by atoms with Gasteiger partial charge in [0, 0.05) is 10.4 Å². The van der Waals surface area contributed by atoms with E-state index in [1.165, 1.54) is 11.6 Å². The number of nitrogens with zero attached hydrogens (tertiary/aromatic N) is 2. The molecule has 1 saturated carbocycles. The number of carbonyl (C=O) groups excluding carboxylic acids is 1. The second-order valence-corrected chi connectivity index (χ2v) is 9.73. The summed E-state index contributed by atoms with van der Waals surface area (Å²) in [6.45, 7) is 2.09. The third kappa shape index (κ3) is 3.49. The number of hydrogen-bond donors (Lipinski definition) is 2. The lowest BCUT2D eigenvalue weighted by molar-refractivity contribution is -0.0462. The number of benzene rings is 2. The highest BCUT2D eigenvalue weighted by atomic mass is 35.5. The van der Waals surface area contributed by atoms with E-state index in [1.807, 2.05) is 35.1 Å². The Labute approximate surface area is 196 Å². The van der Waals surface area contributed by atoms with Crippen molar-refractivity contribution in [1.82, 2.24) is 9.78 Å². The molecule has 1 heterocycles. The van der Waals surface area contributed by atoms with Crippen LogP contribution in [-0.2, 0) is 12.8 Å². The molecule has 0 saturated heterocycles. The molecule has 170 valence electrons. The Balaban J connectivity index is 1.44. The lowest BCUT2D eigenvalue weighted by Gasteiger charge is -2.42. The van der Waals surface area contributed by atoms with E-state index in [1.54, 1.807) is 12.1 Å². The fourth-order valence-electron chi connectivity index (χ4n) is 5.51. The van der Waals surface area contributed by atoms with E-state index >= 15 is 0 Å². The van der Waals surface area contributed by atoms with Gasteiger partial charge in [-0.15, -0.1) is 0 Å². The van der Waals surface area contributed by atoms with Crippen molar-refractivity contribution in [2.75, 3.05) is 0 Å². The molecule has 2 aromatic carbocycles. The van der Waals surface area contributed by atoms with Gasteiger partial charge in [0.05, 0.1) is 28.7 Å². The van der Waals surface area contributed by atoms with Crippen LogP contribution in [0.4, 0.5) is 4.39 Å². The minimum atomic E-state index is -0.986. The van der Waals surface area contributed by atoms with E-state index in [9.17, 15) is 14.3 Å². The highest BCUT2D eigenvalue weighted by molar-refractivity contribution is 6.30. The van der Waals surface area contributed by atoms with Gasteiger partial charge < -0.3 is 10.8 Å². The Kier molecular flexibility index (Phi) is 5.18. The van der Waals surface area contributed by atoms with E-state index in [4.69, 9.17) is 17.3 Å². The summed E-state index contributed by atoms with van der Waals surface area (Å²) in [6.07, 6.45) is 6.81. The van der Waals surface area contributed by atoms with Crippen molar-refractivity contribution >= 4 is 23.6 Å². The zero-order valence-electron chi connectivity index (χ0n) is 18.3. The molecule has 0 spiro atoms. The summed E-state index contributed by atoms with van der Waals surface area (Å²) in [7, 11) is 0. The van der Waals surface area contributed by atoms with Crippen molar-refractivity contribution in [3.63, 3.8) is 0 Å². The van der Waals surface area contributed by atoms with Crippen LogP contribution in [0.15, 0.2) is 54.2 Å².